The van der Waals surface area contributed by atoms with Crippen molar-refractivity contribution in [2.75, 3.05) is 29.1 Å². The Labute approximate surface area is 182 Å². The van der Waals surface area contributed by atoms with Gasteiger partial charge in [0.15, 0.2) is 23.6 Å². The number of aromatic nitrogens is 1. The third-order valence-corrected chi connectivity index (χ3v) is 5.01. The largest absolute Gasteiger partial charge is 0.416 e. The lowest BCUT2D eigenvalue weighted by atomic mass is 10.1. The zero-order valence-electron chi connectivity index (χ0n) is 16.6. The van der Waals surface area contributed by atoms with Gasteiger partial charge in [0, 0.05) is 18.3 Å². The van der Waals surface area contributed by atoms with Crippen LogP contribution in [0.4, 0.5) is 34.8 Å². The number of carbonyl (C=O) groups is 2. The van der Waals surface area contributed by atoms with Crippen LogP contribution in [0.3, 0.4) is 0 Å². The summed E-state index contributed by atoms with van der Waals surface area (Å²) >= 11 is 0. The molecule has 0 aliphatic carbocycles. The van der Waals surface area contributed by atoms with Crippen molar-refractivity contribution >= 4 is 40.0 Å². The van der Waals surface area contributed by atoms with Crippen LogP contribution in [-0.4, -0.2) is 47.4 Å². The van der Waals surface area contributed by atoms with Gasteiger partial charge in [0.05, 0.1) is 23.2 Å². The highest BCUT2D eigenvalue weighted by Gasteiger charge is 2.41. The summed E-state index contributed by atoms with van der Waals surface area (Å²) in [6.07, 6.45) is -8.56. The van der Waals surface area contributed by atoms with Crippen molar-refractivity contribution < 1.29 is 41.5 Å². The number of nitrogen functional groups attached to an aromatic ring is 1. The summed E-state index contributed by atoms with van der Waals surface area (Å²) in [5.74, 6) is -3.03. The molecular formula is C20H16F4N4O5. The van der Waals surface area contributed by atoms with Crippen LogP contribution < -0.4 is 16.0 Å². The van der Waals surface area contributed by atoms with Crippen LogP contribution in [0.15, 0.2) is 40.9 Å². The molecular weight excluding hydrogens is 452 g/mol. The van der Waals surface area contributed by atoms with Crippen LogP contribution in [0.2, 0.25) is 0 Å². The van der Waals surface area contributed by atoms with Gasteiger partial charge in [0.1, 0.15) is 5.82 Å². The molecule has 0 spiro atoms. The van der Waals surface area contributed by atoms with Crippen LogP contribution in [0.5, 0.6) is 0 Å². The number of nitrogens with one attached hydrogen (secondary N) is 1. The number of anilines is 3. The highest BCUT2D eigenvalue weighted by Crippen LogP contribution is 2.34. The van der Waals surface area contributed by atoms with Gasteiger partial charge in [-0.15, -0.1) is 0 Å². The maximum atomic E-state index is 14.3. The van der Waals surface area contributed by atoms with Crippen LogP contribution in [0, 0.1) is 5.82 Å². The molecule has 0 saturated carbocycles. The number of hydrogen-bond acceptors (Lipinski definition) is 7. The van der Waals surface area contributed by atoms with E-state index in [1.165, 1.54) is 18.2 Å². The maximum absolute atomic E-state index is 14.3. The number of alkyl halides is 3. The van der Waals surface area contributed by atoms with Crippen molar-refractivity contribution in [2.24, 2.45) is 0 Å². The Hall–Kier alpha value is -3.71. The summed E-state index contributed by atoms with van der Waals surface area (Å²) in [6, 6.07) is 5.98. The number of nitrogens with two attached hydrogens (primary N) is 1. The van der Waals surface area contributed by atoms with Crippen LogP contribution in [0.1, 0.15) is 5.56 Å². The van der Waals surface area contributed by atoms with Crippen molar-refractivity contribution in [1.82, 2.24) is 5.16 Å². The van der Waals surface area contributed by atoms with Crippen molar-refractivity contribution in [3.8, 4) is 0 Å². The molecule has 0 unspecified atom stereocenters. The summed E-state index contributed by atoms with van der Waals surface area (Å²) in [5.41, 5.74) is 4.27. The third kappa shape index (κ3) is 4.32. The molecule has 0 bridgehead atoms. The fraction of sp³-hybridized carbons (Fsp3) is 0.250. The smallest absolute Gasteiger partial charge is 0.380 e. The average molecular weight is 468 g/mol. The summed E-state index contributed by atoms with van der Waals surface area (Å²) in [4.78, 5) is 26.0. The van der Waals surface area contributed by atoms with Gasteiger partial charge in [-0.25, -0.2) is 4.39 Å². The monoisotopic (exact) mass is 468 g/mol. The number of fused-ring (bicyclic) bond motifs is 1. The molecule has 33 heavy (non-hydrogen) atoms. The van der Waals surface area contributed by atoms with Crippen LogP contribution in [-0.2, 0) is 20.5 Å². The predicted molar refractivity (Wildman–Crippen MR) is 107 cm³/mol. The fourth-order valence-corrected chi connectivity index (χ4v) is 3.36. The quantitative estimate of drug-likeness (QED) is 0.501. The van der Waals surface area contributed by atoms with E-state index in [1.807, 2.05) is 0 Å². The van der Waals surface area contributed by atoms with Gasteiger partial charge < -0.3 is 30.3 Å². The molecule has 2 atom stereocenters. The lowest BCUT2D eigenvalue weighted by Gasteiger charge is -2.34. The van der Waals surface area contributed by atoms with E-state index in [9.17, 15) is 32.3 Å². The zero-order valence-corrected chi connectivity index (χ0v) is 16.6. The first-order valence-corrected chi connectivity index (χ1v) is 9.50. The first-order valence-electron chi connectivity index (χ1n) is 9.50. The standard InChI is InChI=1S/C20H16F4N4O5/c21-12-4-1-9(20(22,23)24)7-13(12)28-5-6-32-16(19(28)31)15(29)18(30)26-10-2-3-11-14(8-10)33-27-17(11)25/h1-4,7-8,15-16,29H,5-6H2,(H2,25,27)(H,26,30)/t15-,16-/m1/s1. The molecule has 1 saturated heterocycles. The minimum atomic E-state index is -4.76. The van der Waals surface area contributed by atoms with E-state index in [0.29, 0.717) is 28.5 Å². The number of aliphatic hydroxyl groups is 1. The number of aliphatic hydroxyl groups excluding tert-OH is 1. The van der Waals surface area contributed by atoms with E-state index >= 15 is 0 Å². The molecule has 1 aliphatic rings. The second-order valence-electron chi connectivity index (χ2n) is 7.16. The summed E-state index contributed by atoms with van der Waals surface area (Å²) in [7, 11) is 0. The van der Waals surface area contributed by atoms with Gasteiger partial charge in [-0.05, 0) is 30.3 Å². The molecule has 0 radical (unpaired) electrons. The Kier molecular flexibility index (Phi) is 5.68. The van der Waals surface area contributed by atoms with Crippen molar-refractivity contribution in [1.29, 1.82) is 0 Å². The fourth-order valence-electron chi connectivity index (χ4n) is 3.36. The number of rotatable bonds is 4. The molecule has 2 heterocycles. The SMILES string of the molecule is Nc1noc2cc(NC(=O)[C@H](O)[C@H]3OCCN(c4cc(C(F)(F)F)ccc4F)C3=O)ccc12. The van der Waals surface area contributed by atoms with Crippen molar-refractivity contribution in [3.05, 3.63) is 47.8 Å². The summed E-state index contributed by atoms with van der Waals surface area (Å²) in [5, 5.41) is 16.8. The first-order chi connectivity index (χ1) is 15.6. The van der Waals surface area contributed by atoms with Gasteiger partial charge >= 0.3 is 6.18 Å². The topological polar surface area (TPSA) is 131 Å². The third-order valence-electron chi connectivity index (χ3n) is 5.01. The van der Waals surface area contributed by atoms with Gasteiger partial charge in [0.25, 0.3) is 11.8 Å². The molecule has 1 fully saturated rings. The minimum Gasteiger partial charge on any atom is -0.380 e. The zero-order chi connectivity index (χ0) is 23.9. The molecule has 4 N–H and O–H groups in total. The van der Waals surface area contributed by atoms with E-state index in [-0.39, 0.29) is 30.2 Å². The molecule has 2 aromatic carbocycles. The Morgan fingerprint density at radius 2 is 2.03 bits per heavy atom. The van der Waals surface area contributed by atoms with E-state index in [0.717, 1.165) is 0 Å². The molecule has 13 heteroatoms. The number of morpholine rings is 1. The number of halogens is 4. The molecule has 3 aromatic rings. The summed E-state index contributed by atoms with van der Waals surface area (Å²) in [6.45, 7) is -0.523. The van der Waals surface area contributed by atoms with Gasteiger partial charge in [-0.2, -0.15) is 13.2 Å². The number of benzene rings is 2. The number of carbonyl (C=O) groups excluding carboxylic acids is 2. The molecule has 9 nitrogen and oxygen atoms in total. The normalized spacial score (nSPS) is 17.9. The predicted octanol–water partition coefficient (Wildman–Crippen LogP) is 2.30. The molecule has 2 amide bonds. The molecule has 1 aromatic heterocycles. The first kappa shape index (κ1) is 22.5. The summed E-state index contributed by atoms with van der Waals surface area (Å²) < 4.78 is 63.5. The van der Waals surface area contributed by atoms with E-state index < -0.39 is 47.3 Å². The van der Waals surface area contributed by atoms with Crippen LogP contribution in [0.25, 0.3) is 11.0 Å². The second kappa shape index (κ2) is 8.33. The van der Waals surface area contributed by atoms with Crippen molar-refractivity contribution in [3.63, 3.8) is 0 Å². The second-order valence-corrected chi connectivity index (χ2v) is 7.16. The maximum Gasteiger partial charge on any atom is 0.416 e. The lowest BCUT2D eigenvalue weighted by Crippen LogP contribution is -2.55. The highest BCUT2D eigenvalue weighted by molar-refractivity contribution is 6.04. The lowest BCUT2D eigenvalue weighted by molar-refractivity contribution is -0.150. The molecule has 4 rings (SSSR count). The Morgan fingerprint density at radius 3 is 2.76 bits per heavy atom. The number of nitrogens with zero attached hydrogens (tertiary/aromatic N) is 2. The van der Waals surface area contributed by atoms with E-state index in [2.05, 4.69) is 10.5 Å². The Morgan fingerprint density at radius 1 is 1.27 bits per heavy atom. The van der Waals surface area contributed by atoms with E-state index in [1.54, 1.807) is 0 Å². The van der Waals surface area contributed by atoms with Gasteiger partial charge in [-0.3, -0.25) is 9.59 Å². The Bertz CT molecular complexity index is 1230. The number of ether oxygens (including phenoxy) is 1. The minimum absolute atomic E-state index is 0.144. The molecule has 174 valence electrons. The van der Waals surface area contributed by atoms with Crippen LogP contribution >= 0.6 is 0 Å². The van der Waals surface area contributed by atoms with Gasteiger partial charge in [-0.1, -0.05) is 5.16 Å². The Balaban J connectivity index is 1.52. The van der Waals surface area contributed by atoms with Gasteiger partial charge in [0.2, 0.25) is 0 Å². The molecule has 1 aliphatic heterocycles. The average Bonchev–Trinajstić information content (AvgIpc) is 3.13. The number of hydrogen-bond donors (Lipinski definition) is 3. The highest BCUT2D eigenvalue weighted by atomic mass is 19.4. The van der Waals surface area contributed by atoms with Crippen molar-refractivity contribution in [2.45, 2.75) is 18.4 Å². The number of amides is 2. The van der Waals surface area contributed by atoms with E-state index in [4.69, 9.17) is 15.0 Å².